The topological polar surface area (TPSA) is 52.5 Å². The highest BCUT2D eigenvalue weighted by Gasteiger charge is 2.34. The Hall–Kier alpha value is -2.71. The van der Waals surface area contributed by atoms with Crippen molar-refractivity contribution in [2.75, 3.05) is 33.2 Å². The Morgan fingerprint density at radius 3 is 2.18 bits per heavy atom. The summed E-state index contributed by atoms with van der Waals surface area (Å²) in [5, 5.41) is 12.4. The highest BCUT2D eigenvalue weighted by molar-refractivity contribution is 5.24. The molecule has 0 radical (unpaired) electrons. The van der Waals surface area contributed by atoms with Crippen molar-refractivity contribution < 1.29 is 18.6 Å². The standard InChI is InChI=1S/C20H22F2N6/c1-26-10-12-27(13-11-26)19(16-4-8-18(22)9-5-16)20-23-24-25-28(20)14-15-2-6-17(21)7-3-15/h2-9,19H,10-14H2,1H3/p+2/t19-/m1/s1. The zero-order chi connectivity index (χ0) is 19.5. The molecule has 28 heavy (non-hydrogen) atoms. The first-order valence-corrected chi connectivity index (χ1v) is 9.52. The Balaban J connectivity index is 1.67. The molecule has 2 heterocycles. The van der Waals surface area contributed by atoms with E-state index < -0.39 is 0 Å². The monoisotopic (exact) mass is 386 g/mol. The minimum absolute atomic E-state index is 0.0795. The van der Waals surface area contributed by atoms with Crippen LogP contribution in [0.1, 0.15) is 23.0 Å². The van der Waals surface area contributed by atoms with Crippen molar-refractivity contribution in [2.45, 2.75) is 12.6 Å². The Morgan fingerprint density at radius 2 is 1.54 bits per heavy atom. The van der Waals surface area contributed by atoms with Gasteiger partial charge in [-0.15, -0.1) is 5.10 Å². The van der Waals surface area contributed by atoms with Crippen molar-refractivity contribution in [2.24, 2.45) is 0 Å². The summed E-state index contributed by atoms with van der Waals surface area (Å²) in [5.41, 5.74) is 1.91. The van der Waals surface area contributed by atoms with E-state index in [4.69, 9.17) is 0 Å². The zero-order valence-corrected chi connectivity index (χ0v) is 15.8. The van der Waals surface area contributed by atoms with Crippen LogP contribution in [0, 0.1) is 11.6 Å². The third-order valence-corrected chi connectivity index (χ3v) is 5.42. The van der Waals surface area contributed by atoms with Crippen LogP contribution >= 0.6 is 0 Å². The number of benzene rings is 2. The molecule has 0 aliphatic carbocycles. The molecule has 2 aromatic carbocycles. The number of halogens is 2. The molecule has 1 aliphatic rings. The maximum absolute atomic E-state index is 13.5. The lowest BCUT2D eigenvalue weighted by Gasteiger charge is -2.32. The van der Waals surface area contributed by atoms with Crippen LogP contribution in [0.25, 0.3) is 0 Å². The van der Waals surface area contributed by atoms with Gasteiger partial charge in [-0.05, 0) is 52.4 Å². The SMILES string of the molecule is C[NH+]1CC[NH+]([C@H](c2ccc(F)cc2)c2nnnn2Cc2ccc(F)cc2)CC1. The third kappa shape index (κ3) is 4.07. The number of likely N-dealkylation sites (N-methyl/N-ethyl adjacent to an activating group) is 1. The van der Waals surface area contributed by atoms with E-state index in [0.29, 0.717) is 6.54 Å². The zero-order valence-electron chi connectivity index (χ0n) is 15.8. The molecule has 0 bridgehead atoms. The Kier molecular flexibility index (Phi) is 5.40. The molecule has 1 saturated heterocycles. The molecule has 4 rings (SSSR count). The number of tetrazole rings is 1. The molecule has 3 aromatic rings. The highest BCUT2D eigenvalue weighted by Crippen LogP contribution is 2.18. The summed E-state index contributed by atoms with van der Waals surface area (Å²) in [6.45, 7) is 4.55. The lowest BCUT2D eigenvalue weighted by atomic mass is 10.0. The van der Waals surface area contributed by atoms with Gasteiger partial charge in [-0.25, -0.2) is 13.5 Å². The number of hydrogen-bond acceptors (Lipinski definition) is 3. The first-order chi connectivity index (χ1) is 13.6. The highest BCUT2D eigenvalue weighted by atomic mass is 19.1. The lowest BCUT2D eigenvalue weighted by Crippen LogP contribution is -3.27. The average molecular weight is 386 g/mol. The van der Waals surface area contributed by atoms with Gasteiger partial charge in [0, 0.05) is 5.56 Å². The van der Waals surface area contributed by atoms with Gasteiger partial charge in [-0.2, -0.15) is 0 Å². The van der Waals surface area contributed by atoms with Crippen LogP contribution in [-0.4, -0.2) is 53.4 Å². The summed E-state index contributed by atoms with van der Waals surface area (Å²) in [6.07, 6.45) is 0. The van der Waals surface area contributed by atoms with Gasteiger partial charge in [0.2, 0.25) is 5.82 Å². The van der Waals surface area contributed by atoms with Gasteiger partial charge in [0.15, 0.2) is 6.04 Å². The average Bonchev–Trinajstić information content (AvgIpc) is 3.14. The van der Waals surface area contributed by atoms with Crippen molar-refractivity contribution in [3.8, 4) is 0 Å². The molecule has 8 heteroatoms. The van der Waals surface area contributed by atoms with Gasteiger partial charge in [-0.1, -0.05) is 12.1 Å². The first-order valence-electron chi connectivity index (χ1n) is 9.52. The molecule has 0 spiro atoms. The van der Waals surface area contributed by atoms with E-state index in [0.717, 1.165) is 43.1 Å². The number of piperazine rings is 1. The second-order valence-corrected chi connectivity index (χ2v) is 7.42. The quantitative estimate of drug-likeness (QED) is 0.622. The number of aromatic nitrogens is 4. The Labute approximate surface area is 162 Å². The molecule has 6 nitrogen and oxygen atoms in total. The van der Waals surface area contributed by atoms with Crippen molar-refractivity contribution in [3.05, 3.63) is 77.1 Å². The van der Waals surface area contributed by atoms with Crippen LogP contribution in [0.5, 0.6) is 0 Å². The summed E-state index contributed by atoms with van der Waals surface area (Å²) in [7, 11) is 2.20. The fourth-order valence-electron chi connectivity index (χ4n) is 3.80. The first kappa shape index (κ1) is 18.6. The van der Waals surface area contributed by atoms with E-state index in [1.807, 2.05) is 12.1 Å². The molecular weight excluding hydrogens is 362 g/mol. The normalized spacial score (nSPS) is 20.8. The number of quaternary nitrogens is 2. The van der Waals surface area contributed by atoms with Crippen LogP contribution in [0.3, 0.4) is 0 Å². The number of hydrogen-bond donors (Lipinski definition) is 2. The molecule has 0 amide bonds. The van der Waals surface area contributed by atoms with Crippen LogP contribution < -0.4 is 9.80 Å². The van der Waals surface area contributed by atoms with Crippen molar-refractivity contribution >= 4 is 0 Å². The second-order valence-electron chi connectivity index (χ2n) is 7.42. The van der Waals surface area contributed by atoms with E-state index in [1.165, 1.54) is 34.1 Å². The minimum Gasteiger partial charge on any atom is -0.328 e. The van der Waals surface area contributed by atoms with Crippen LogP contribution in [0.2, 0.25) is 0 Å². The van der Waals surface area contributed by atoms with Gasteiger partial charge < -0.3 is 9.80 Å². The number of nitrogens with one attached hydrogen (secondary N) is 2. The summed E-state index contributed by atoms with van der Waals surface area (Å²) >= 11 is 0. The number of rotatable bonds is 5. The van der Waals surface area contributed by atoms with Gasteiger partial charge in [0.05, 0.1) is 13.6 Å². The van der Waals surface area contributed by atoms with E-state index in [1.54, 1.807) is 16.8 Å². The van der Waals surface area contributed by atoms with E-state index in [-0.39, 0.29) is 17.7 Å². The fraction of sp³-hybridized carbons (Fsp3) is 0.350. The summed E-state index contributed by atoms with van der Waals surface area (Å²) in [5.74, 6) is 0.214. The smallest absolute Gasteiger partial charge is 0.214 e. The maximum Gasteiger partial charge on any atom is 0.214 e. The van der Waals surface area contributed by atoms with Crippen molar-refractivity contribution in [1.29, 1.82) is 0 Å². The fourth-order valence-corrected chi connectivity index (χ4v) is 3.80. The summed E-state index contributed by atoms with van der Waals surface area (Å²) in [4.78, 5) is 2.87. The van der Waals surface area contributed by atoms with Gasteiger partial charge in [0.1, 0.15) is 37.8 Å². The van der Waals surface area contributed by atoms with Crippen LogP contribution in [0.4, 0.5) is 8.78 Å². The molecule has 1 aliphatic heterocycles. The van der Waals surface area contributed by atoms with Crippen molar-refractivity contribution in [3.63, 3.8) is 0 Å². The minimum atomic E-state index is -0.269. The molecule has 1 atom stereocenters. The van der Waals surface area contributed by atoms with E-state index in [9.17, 15) is 8.78 Å². The molecule has 1 fully saturated rings. The summed E-state index contributed by atoms with van der Waals surface area (Å²) < 4.78 is 28.5. The van der Waals surface area contributed by atoms with Crippen molar-refractivity contribution in [1.82, 2.24) is 20.2 Å². The largest absolute Gasteiger partial charge is 0.328 e. The molecule has 0 unspecified atom stereocenters. The predicted octanol–water partition coefficient (Wildman–Crippen LogP) is -0.498. The lowest BCUT2D eigenvalue weighted by molar-refractivity contribution is -1.02. The summed E-state index contributed by atoms with van der Waals surface area (Å²) in [6, 6.07) is 12.9. The predicted molar refractivity (Wildman–Crippen MR) is 98.9 cm³/mol. The van der Waals surface area contributed by atoms with E-state index >= 15 is 0 Å². The van der Waals surface area contributed by atoms with Gasteiger partial charge in [0.25, 0.3) is 0 Å². The maximum atomic E-state index is 13.5. The molecular formula is C20H24F2N6+2. The van der Waals surface area contributed by atoms with Gasteiger partial charge in [-0.3, -0.25) is 0 Å². The molecule has 0 saturated carbocycles. The van der Waals surface area contributed by atoms with Crippen LogP contribution in [-0.2, 0) is 6.54 Å². The molecule has 1 aromatic heterocycles. The van der Waals surface area contributed by atoms with Crippen LogP contribution in [0.15, 0.2) is 48.5 Å². The Bertz CT molecular complexity index is 901. The Morgan fingerprint density at radius 1 is 0.929 bits per heavy atom. The number of nitrogens with zero attached hydrogens (tertiary/aromatic N) is 4. The third-order valence-electron chi connectivity index (χ3n) is 5.42. The molecule has 146 valence electrons. The second kappa shape index (κ2) is 8.12. The van der Waals surface area contributed by atoms with Gasteiger partial charge >= 0.3 is 0 Å². The van der Waals surface area contributed by atoms with E-state index in [2.05, 4.69) is 22.6 Å². The molecule has 2 N–H and O–H groups in total.